The van der Waals surface area contributed by atoms with Crippen molar-refractivity contribution in [2.75, 3.05) is 19.6 Å². The van der Waals surface area contributed by atoms with Gasteiger partial charge in [0.2, 0.25) is 5.91 Å². The van der Waals surface area contributed by atoms with Crippen LogP contribution in [0.4, 0.5) is 0 Å². The van der Waals surface area contributed by atoms with E-state index in [0.717, 1.165) is 56.8 Å². The number of carbonyl (C=O) groups is 1. The Kier molecular flexibility index (Phi) is 4.22. The molecule has 1 unspecified atom stereocenters. The fourth-order valence-electron chi connectivity index (χ4n) is 4.14. The minimum absolute atomic E-state index is 0.176. The number of carbonyl (C=O) groups excluding carboxylic acids is 1. The highest BCUT2D eigenvalue weighted by atomic mass is 16.2. The summed E-state index contributed by atoms with van der Waals surface area (Å²) in [6.45, 7) is 4.77. The second-order valence-corrected chi connectivity index (χ2v) is 7.19. The van der Waals surface area contributed by atoms with Gasteiger partial charge in [-0.3, -0.25) is 9.20 Å². The minimum atomic E-state index is 0.176. The Bertz CT molecular complexity index is 727. The summed E-state index contributed by atoms with van der Waals surface area (Å²) in [4.78, 5) is 15.0. The van der Waals surface area contributed by atoms with Crippen LogP contribution in [-0.4, -0.2) is 51.1 Å². The average Bonchev–Trinajstić information content (AvgIpc) is 3.05. The molecule has 0 radical (unpaired) electrons. The van der Waals surface area contributed by atoms with Crippen molar-refractivity contribution in [1.82, 2.24) is 24.8 Å². The lowest BCUT2D eigenvalue weighted by Gasteiger charge is -2.36. The van der Waals surface area contributed by atoms with E-state index < -0.39 is 0 Å². The van der Waals surface area contributed by atoms with E-state index >= 15 is 0 Å². The van der Waals surface area contributed by atoms with Crippen molar-refractivity contribution in [3.63, 3.8) is 0 Å². The largest absolute Gasteiger partial charge is 0.342 e. The number of aromatic nitrogens is 3. The molecule has 4 heterocycles. The van der Waals surface area contributed by atoms with E-state index in [1.54, 1.807) is 0 Å². The first-order valence-corrected chi connectivity index (χ1v) is 9.04. The van der Waals surface area contributed by atoms with Crippen LogP contribution >= 0.6 is 0 Å². The molecule has 24 heavy (non-hydrogen) atoms. The van der Waals surface area contributed by atoms with Gasteiger partial charge in [-0.15, -0.1) is 10.2 Å². The molecule has 0 spiro atoms. The maximum atomic E-state index is 12.9. The van der Waals surface area contributed by atoms with Gasteiger partial charge in [0.15, 0.2) is 5.65 Å². The number of piperidine rings is 2. The summed E-state index contributed by atoms with van der Waals surface area (Å²) in [6, 6.07) is 6.39. The fourth-order valence-corrected chi connectivity index (χ4v) is 4.14. The normalized spacial score (nSPS) is 28.2. The van der Waals surface area contributed by atoms with E-state index in [1.165, 1.54) is 0 Å². The van der Waals surface area contributed by atoms with Crippen LogP contribution in [0.15, 0.2) is 24.4 Å². The summed E-state index contributed by atoms with van der Waals surface area (Å²) >= 11 is 0. The van der Waals surface area contributed by atoms with Crippen molar-refractivity contribution in [2.45, 2.75) is 44.6 Å². The van der Waals surface area contributed by atoms with Crippen LogP contribution in [0.2, 0.25) is 0 Å². The van der Waals surface area contributed by atoms with Gasteiger partial charge in [-0.25, -0.2) is 0 Å². The molecule has 2 aliphatic rings. The van der Waals surface area contributed by atoms with E-state index in [1.807, 2.05) is 24.4 Å². The molecule has 0 aliphatic carbocycles. The van der Waals surface area contributed by atoms with Crippen molar-refractivity contribution in [3.8, 4) is 0 Å². The van der Waals surface area contributed by atoms with Gasteiger partial charge in [0.25, 0.3) is 0 Å². The van der Waals surface area contributed by atoms with Crippen molar-refractivity contribution >= 4 is 11.6 Å². The van der Waals surface area contributed by atoms with Gasteiger partial charge in [-0.2, -0.15) is 0 Å². The Morgan fingerprint density at radius 2 is 2.21 bits per heavy atom. The molecule has 0 bridgehead atoms. The number of hydrogen-bond acceptors (Lipinski definition) is 4. The summed E-state index contributed by atoms with van der Waals surface area (Å²) in [5, 5.41) is 12.1. The third kappa shape index (κ3) is 2.90. The zero-order chi connectivity index (χ0) is 16.5. The number of likely N-dealkylation sites (tertiary alicyclic amines) is 1. The second kappa shape index (κ2) is 6.51. The van der Waals surface area contributed by atoms with Gasteiger partial charge >= 0.3 is 0 Å². The minimum Gasteiger partial charge on any atom is -0.342 e. The highest BCUT2D eigenvalue weighted by molar-refractivity contribution is 5.79. The molecule has 2 saturated heterocycles. The van der Waals surface area contributed by atoms with Crippen molar-refractivity contribution in [2.24, 2.45) is 5.92 Å². The number of amides is 1. The molecule has 1 amide bonds. The summed E-state index contributed by atoms with van der Waals surface area (Å²) in [6.07, 6.45) is 6.03. The number of rotatable bonds is 2. The quantitative estimate of drug-likeness (QED) is 0.914. The fraction of sp³-hybridized carbons (Fsp3) is 0.611. The first kappa shape index (κ1) is 15.6. The molecule has 3 atom stereocenters. The molecule has 2 aromatic rings. The van der Waals surface area contributed by atoms with Crippen LogP contribution < -0.4 is 5.32 Å². The Balaban J connectivity index is 1.50. The van der Waals surface area contributed by atoms with E-state index in [4.69, 9.17) is 0 Å². The lowest BCUT2D eigenvalue weighted by molar-refractivity contribution is -0.138. The molecule has 2 aliphatic heterocycles. The SMILES string of the molecule is C[C@H]1C[C@@H](C(=O)N2CCCC(c3nnc4ccccn34)C2)CCN1. The van der Waals surface area contributed by atoms with Crippen molar-refractivity contribution < 1.29 is 4.79 Å². The van der Waals surface area contributed by atoms with E-state index in [9.17, 15) is 4.79 Å². The van der Waals surface area contributed by atoms with E-state index in [0.29, 0.717) is 11.9 Å². The molecule has 0 saturated carbocycles. The molecule has 4 rings (SSSR count). The highest BCUT2D eigenvalue weighted by Crippen LogP contribution is 2.28. The molecule has 128 valence electrons. The number of hydrogen-bond donors (Lipinski definition) is 1. The van der Waals surface area contributed by atoms with Gasteiger partial charge in [0, 0.05) is 37.2 Å². The number of fused-ring (bicyclic) bond motifs is 1. The van der Waals surface area contributed by atoms with Crippen LogP contribution in [0.3, 0.4) is 0 Å². The maximum absolute atomic E-state index is 12.9. The smallest absolute Gasteiger partial charge is 0.225 e. The van der Waals surface area contributed by atoms with E-state index in [2.05, 4.69) is 31.7 Å². The predicted octanol–water partition coefficient (Wildman–Crippen LogP) is 1.82. The second-order valence-electron chi connectivity index (χ2n) is 7.19. The molecule has 2 aromatic heterocycles. The molecular weight excluding hydrogens is 302 g/mol. The van der Waals surface area contributed by atoms with Crippen LogP contribution in [-0.2, 0) is 4.79 Å². The zero-order valence-corrected chi connectivity index (χ0v) is 14.2. The van der Waals surface area contributed by atoms with Crippen molar-refractivity contribution in [3.05, 3.63) is 30.2 Å². The van der Waals surface area contributed by atoms with Crippen molar-refractivity contribution in [1.29, 1.82) is 0 Å². The van der Waals surface area contributed by atoms with Crippen LogP contribution in [0, 0.1) is 5.92 Å². The zero-order valence-electron chi connectivity index (χ0n) is 14.2. The molecule has 1 N–H and O–H groups in total. The topological polar surface area (TPSA) is 62.5 Å². The Morgan fingerprint density at radius 1 is 1.29 bits per heavy atom. The summed E-state index contributed by atoms with van der Waals surface area (Å²) in [7, 11) is 0. The Labute approximate surface area is 142 Å². The van der Waals surface area contributed by atoms with Gasteiger partial charge in [0.05, 0.1) is 0 Å². The maximum Gasteiger partial charge on any atom is 0.225 e. The number of pyridine rings is 1. The van der Waals surface area contributed by atoms with Gasteiger partial charge < -0.3 is 10.2 Å². The highest BCUT2D eigenvalue weighted by Gasteiger charge is 2.33. The monoisotopic (exact) mass is 327 g/mol. The van der Waals surface area contributed by atoms with Gasteiger partial charge in [0.1, 0.15) is 5.82 Å². The van der Waals surface area contributed by atoms with Crippen LogP contribution in [0.25, 0.3) is 5.65 Å². The number of nitrogens with zero attached hydrogens (tertiary/aromatic N) is 4. The Hall–Kier alpha value is -1.95. The average molecular weight is 327 g/mol. The summed E-state index contributed by atoms with van der Waals surface area (Å²) < 4.78 is 2.06. The first-order chi connectivity index (χ1) is 11.7. The van der Waals surface area contributed by atoms with Crippen LogP contribution in [0.5, 0.6) is 0 Å². The molecule has 6 heteroatoms. The molecular formula is C18H25N5O. The Morgan fingerprint density at radius 3 is 3.08 bits per heavy atom. The summed E-state index contributed by atoms with van der Waals surface area (Å²) in [5.74, 6) is 1.78. The first-order valence-electron chi connectivity index (χ1n) is 9.04. The standard InChI is InChI=1S/C18H25N5O/c1-13-11-14(7-8-19-13)18(24)22-9-4-5-15(12-22)17-21-20-16-6-2-3-10-23(16)17/h2-3,6,10,13-15,19H,4-5,7-9,11-12H2,1H3/t13-,14-,15?/m0/s1. The number of nitrogens with one attached hydrogen (secondary N) is 1. The van der Waals surface area contributed by atoms with E-state index in [-0.39, 0.29) is 11.8 Å². The predicted molar refractivity (Wildman–Crippen MR) is 91.7 cm³/mol. The van der Waals surface area contributed by atoms with Crippen LogP contribution in [0.1, 0.15) is 44.3 Å². The third-order valence-corrected chi connectivity index (χ3v) is 5.41. The molecule has 2 fully saturated rings. The molecule has 0 aromatic carbocycles. The van der Waals surface area contributed by atoms with Gasteiger partial charge in [-0.1, -0.05) is 6.07 Å². The van der Waals surface area contributed by atoms with Gasteiger partial charge in [-0.05, 0) is 51.3 Å². The lowest BCUT2D eigenvalue weighted by Crippen LogP contribution is -2.47. The molecule has 6 nitrogen and oxygen atoms in total. The third-order valence-electron chi connectivity index (χ3n) is 5.41. The summed E-state index contributed by atoms with van der Waals surface area (Å²) in [5.41, 5.74) is 0.878. The lowest BCUT2D eigenvalue weighted by atomic mass is 9.90.